The molecule has 1 saturated carbocycles. The van der Waals surface area contributed by atoms with Crippen molar-refractivity contribution in [2.45, 2.75) is 93.9 Å². The summed E-state index contributed by atoms with van der Waals surface area (Å²) in [5, 5.41) is 1.12. The lowest BCUT2D eigenvalue weighted by atomic mass is 9.68. The zero-order chi connectivity index (χ0) is 46.8. The second kappa shape index (κ2) is 18.7. The molecule has 6 rings (SSSR count). The smallest absolute Gasteiger partial charge is 0.344 e. The fourth-order valence-electron chi connectivity index (χ4n) is 8.50. The summed E-state index contributed by atoms with van der Waals surface area (Å²) in [7, 11) is -11.9. The van der Waals surface area contributed by atoms with E-state index < -0.39 is 83.0 Å². The van der Waals surface area contributed by atoms with Gasteiger partial charge in [-0.1, -0.05) is 37.5 Å². The first-order valence-electron chi connectivity index (χ1n) is 20.4. The first kappa shape index (κ1) is 48.3. The van der Waals surface area contributed by atoms with Gasteiger partial charge in [0, 0.05) is 49.7 Å². The van der Waals surface area contributed by atoms with Crippen LogP contribution < -0.4 is 9.47 Å². The molecule has 1 aromatic heterocycles. The molecule has 0 radical (unpaired) electrons. The van der Waals surface area contributed by atoms with E-state index in [1.54, 1.807) is 41.0 Å². The van der Waals surface area contributed by atoms with Gasteiger partial charge in [-0.2, -0.15) is 25.3 Å². The van der Waals surface area contributed by atoms with Crippen LogP contribution in [0.4, 0.5) is 11.5 Å². The Bertz CT molecular complexity index is 2690. The SMILES string of the molecule is CN(OCC(=O)ON1C(=O)CCC1=O)C(=O)c1cc2c([n+](CCCS(=O)(=O)O)c1)N=C(/C=C/C=C/C=C1/N(CCCS(=O)(=O)O)c3ccc(S(=O)(=O)O)cc3C13CCCCC3)C2(C)C. The number of rotatable bonds is 17. The van der Waals surface area contributed by atoms with Crippen LogP contribution in [0.5, 0.6) is 0 Å². The van der Waals surface area contributed by atoms with E-state index in [0.29, 0.717) is 46.2 Å². The van der Waals surface area contributed by atoms with Gasteiger partial charge in [0.2, 0.25) is 0 Å². The monoisotopic (exact) mass is 948 g/mol. The average Bonchev–Trinajstić information content (AvgIpc) is 3.76. The van der Waals surface area contributed by atoms with Crippen molar-refractivity contribution in [2.75, 3.05) is 36.6 Å². The molecule has 0 bridgehead atoms. The van der Waals surface area contributed by atoms with Crippen molar-refractivity contribution in [3.05, 3.63) is 83.2 Å². The van der Waals surface area contributed by atoms with Gasteiger partial charge in [-0.25, -0.2) is 14.4 Å². The molecule has 1 spiro atoms. The lowest BCUT2D eigenvalue weighted by molar-refractivity contribution is -0.684. The number of aryl methyl sites for hydroxylation is 1. The van der Waals surface area contributed by atoms with Gasteiger partial charge in [0.05, 0.1) is 39.5 Å². The number of hydroxylamine groups is 4. The van der Waals surface area contributed by atoms with E-state index in [1.807, 2.05) is 24.8 Å². The highest BCUT2D eigenvalue weighted by molar-refractivity contribution is 7.86. The maximum Gasteiger partial charge on any atom is 0.361 e. The molecular weight excluding hydrogens is 899 g/mol. The Morgan fingerprint density at radius 1 is 0.891 bits per heavy atom. The van der Waals surface area contributed by atoms with E-state index in [0.717, 1.165) is 30.0 Å². The molecule has 4 heterocycles. The fraction of sp³-hybridized carbons (Fsp3) is 0.463. The van der Waals surface area contributed by atoms with Gasteiger partial charge >= 0.3 is 11.8 Å². The number of amides is 3. The Labute approximate surface area is 371 Å². The van der Waals surface area contributed by atoms with Crippen LogP contribution in [0.25, 0.3) is 0 Å². The van der Waals surface area contributed by atoms with E-state index in [-0.39, 0.29) is 49.2 Å². The van der Waals surface area contributed by atoms with Crippen LogP contribution in [0.15, 0.2) is 76.4 Å². The Morgan fingerprint density at radius 3 is 2.19 bits per heavy atom. The lowest BCUT2D eigenvalue weighted by Crippen LogP contribution is -2.39. The molecule has 20 nitrogen and oxygen atoms in total. The number of hydrogen-bond donors (Lipinski definition) is 3. The minimum atomic E-state index is -4.53. The third-order valence-electron chi connectivity index (χ3n) is 11.6. The standard InChI is InChI=1S/C41H49N5O15S3/c1-40(2)31-24-28(39(50)43(3)60-27-37(49)61-46-35(47)16-17-36(46)48)26-44(20-10-22-62(51,52)53)38(31)42-33(40)12-6-4-7-13-34-41(18-8-5-9-19-41)30-25-29(64(57,58)59)14-15-32(30)45(34)21-11-23-63(54,55)56/h4,6-7,12-15,24-26H,5,8-11,16-23,27H2,1-3H3,(H2-,51,52,53,54,55,56,57,58,59)/p+1. The quantitative estimate of drug-likeness (QED) is 0.0673. The molecular formula is C41H50N5O15S3+. The lowest BCUT2D eigenvalue weighted by Gasteiger charge is -2.37. The second-order valence-electron chi connectivity index (χ2n) is 16.4. The summed E-state index contributed by atoms with van der Waals surface area (Å²) in [4.78, 5) is 66.2. The first-order valence-corrected chi connectivity index (χ1v) is 25.1. The molecule has 3 N–H and O–H groups in total. The summed E-state index contributed by atoms with van der Waals surface area (Å²) < 4.78 is 101. The number of allylic oxidation sites excluding steroid dienone is 6. The number of benzene rings is 1. The third kappa shape index (κ3) is 10.8. The van der Waals surface area contributed by atoms with Crippen molar-refractivity contribution >= 4 is 71.3 Å². The molecule has 1 aliphatic carbocycles. The van der Waals surface area contributed by atoms with Crippen LogP contribution in [0, 0.1) is 0 Å². The average molecular weight is 949 g/mol. The Kier molecular flexibility index (Phi) is 14.1. The summed E-state index contributed by atoms with van der Waals surface area (Å²) in [6, 6.07) is 5.98. The molecule has 3 amide bonds. The molecule has 0 atom stereocenters. The minimum absolute atomic E-state index is 0.0265. The molecule has 346 valence electrons. The normalized spacial score (nSPS) is 19.0. The largest absolute Gasteiger partial charge is 0.361 e. The summed E-state index contributed by atoms with van der Waals surface area (Å²) in [5.74, 6) is -3.81. The van der Waals surface area contributed by atoms with Crippen LogP contribution >= 0.6 is 0 Å². The van der Waals surface area contributed by atoms with Gasteiger partial charge in [-0.05, 0) is 80.1 Å². The van der Waals surface area contributed by atoms with E-state index in [2.05, 4.69) is 0 Å². The summed E-state index contributed by atoms with van der Waals surface area (Å²) in [5.41, 5.74) is 1.96. The molecule has 1 saturated heterocycles. The van der Waals surface area contributed by atoms with E-state index >= 15 is 0 Å². The molecule has 0 unspecified atom stereocenters. The van der Waals surface area contributed by atoms with Gasteiger partial charge in [0.15, 0.2) is 12.3 Å². The van der Waals surface area contributed by atoms with Crippen molar-refractivity contribution < 1.29 is 72.3 Å². The predicted molar refractivity (Wildman–Crippen MR) is 229 cm³/mol. The number of aromatic nitrogens is 1. The Balaban J connectivity index is 1.26. The number of aliphatic imine (C=N–C) groups is 1. The molecule has 3 aliphatic heterocycles. The zero-order valence-electron chi connectivity index (χ0n) is 35.4. The van der Waals surface area contributed by atoms with Crippen LogP contribution in [0.2, 0.25) is 0 Å². The van der Waals surface area contributed by atoms with Crippen LogP contribution in [0.1, 0.15) is 93.1 Å². The minimum Gasteiger partial charge on any atom is -0.344 e. The molecule has 23 heteroatoms. The van der Waals surface area contributed by atoms with E-state index in [4.69, 9.17) is 14.7 Å². The van der Waals surface area contributed by atoms with E-state index in [1.165, 1.54) is 25.4 Å². The van der Waals surface area contributed by atoms with Crippen LogP contribution in [-0.2, 0) is 71.8 Å². The highest BCUT2D eigenvalue weighted by atomic mass is 32.2. The topological polar surface area (TPSA) is 276 Å². The number of fused-ring (bicyclic) bond motifs is 3. The molecule has 2 aromatic rings. The number of hydrogen-bond acceptors (Lipinski definition) is 14. The zero-order valence-corrected chi connectivity index (χ0v) is 37.8. The van der Waals surface area contributed by atoms with Gasteiger partial charge in [0.25, 0.3) is 48.1 Å². The molecule has 1 aromatic carbocycles. The van der Waals surface area contributed by atoms with Crippen LogP contribution in [-0.4, -0.2) is 110 Å². The van der Waals surface area contributed by atoms with Gasteiger partial charge < -0.3 is 9.74 Å². The number of carbonyl (C=O) groups is 4. The van der Waals surface area contributed by atoms with Crippen molar-refractivity contribution in [1.29, 1.82) is 0 Å². The van der Waals surface area contributed by atoms with Crippen LogP contribution in [0.3, 0.4) is 0 Å². The summed E-state index contributed by atoms with van der Waals surface area (Å²) in [6.07, 6.45) is 14.2. The van der Waals surface area contributed by atoms with Gasteiger partial charge in [-0.15, -0.1) is 5.06 Å². The van der Waals surface area contributed by atoms with Gasteiger partial charge in [0.1, 0.15) is 6.20 Å². The maximum atomic E-state index is 13.6. The second-order valence-corrected chi connectivity index (χ2v) is 21.0. The predicted octanol–water partition coefficient (Wildman–Crippen LogP) is 3.47. The maximum absolute atomic E-state index is 13.6. The Morgan fingerprint density at radius 2 is 1.55 bits per heavy atom. The van der Waals surface area contributed by atoms with Gasteiger partial charge in [-0.3, -0.25) is 32.9 Å². The fourth-order valence-corrected chi connectivity index (χ4v) is 9.99. The molecule has 2 fully saturated rings. The summed E-state index contributed by atoms with van der Waals surface area (Å²) >= 11 is 0. The van der Waals surface area contributed by atoms with Crippen molar-refractivity contribution in [3.63, 3.8) is 0 Å². The number of pyridine rings is 1. The molecule has 4 aliphatic rings. The number of nitrogens with zero attached hydrogens (tertiary/aromatic N) is 5. The first-order chi connectivity index (χ1) is 29.9. The Hall–Kier alpha value is -5.17. The van der Waals surface area contributed by atoms with E-state index in [9.17, 15) is 58.1 Å². The number of anilines is 1. The van der Waals surface area contributed by atoms with Crippen molar-refractivity contribution in [2.24, 2.45) is 4.99 Å². The highest BCUT2D eigenvalue weighted by Crippen LogP contribution is 2.56. The van der Waals surface area contributed by atoms with Crippen molar-refractivity contribution in [1.82, 2.24) is 10.1 Å². The van der Waals surface area contributed by atoms with Crippen molar-refractivity contribution in [3.8, 4) is 0 Å². The molecule has 64 heavy (non-hydrogen) atoms. The number of imide groups is 1. The highest BCUT2D eigenvalue weighted by Gasteiger charge is 2.48. The number of carbonyl (C=O) groups excluding carboxylic acids is 4. The third-order valence-corrected chi connectivity index (χ3v) is 14.1. The summed E-state index contributed by atoms with van der Waals surface area (Å²) in [6.45, 7) is 3.15.